The van der Waals surface area contributed by atoms with Crippen molar-refractivity contribution >= 4 is 15.9 Å². The third-order valence-electron chi connectivity index (χ3n) is 3.40. The van der Waals surface area contributed by atoms with E-state index in [1.807, 2.05) is 29.9 Å². The van der Waals surface area contributed by atoms with Crippen LogP contribution in [0.25, 0.3) is 0 Å². The van der Waals surface area contributed by atoms with Gasteiger partial charge >= 0.3 is 0 Å². The van der Waals surface area contributed by atoms with Crippen molar-refractivity contribution in [2.24, 2.45) is 7.05 Å². The Kier molecular flexibility index (Phi) is 3.67. The number of imidazole rings is 1. The molecule has 106 valence electrons. The number of aliphatic hydroxyl groups is 1. The molecule has 0 amide bonds. The van der Waals surface area contributed by atoms with Crippen molar-refractivity contribution in [2.45, 2.75) is 18.9 Å². The van der Waals surface area contributed by atoms with Crippen molar-refractivity contribution in [1.82, 2.24) is 9.55 Å². The average molecular weight is 339 g/mol. The Morgan fingerprint density at radius 2 is 2.30 bits per heavy atom. The van der Waals surface area contributed by atoms with E-state index in [0.29, 0.717) is 17.9 Å². The maximum absolute atomic E-state index is 10.3. The van der Waals surface area contributed by atoms with Gasteiger partial charge in [0, 0.05) is 25.9 Å². The van der Waals surface area contributed by atoms with Crippen LogP contribution in [0.15, 0.2) is 29.0 Å². The molecule has 20 heavy (non-hydrogen) atoms. The largest absolute Gasteiger partial charge is 0.454 e. The van der Waals surface area contributed by atoms with Crippen LogP contribution in [0.1, 0.15) is 23.9 Å². The highest BCUT2D eigenvalue weighted by Crippen LogP contribution is 2.41. The third-order valence-corrected chi connectivity index (χ3v) is 3.99. The molecule has 0 spiro atoms. The number of fused-ring (bicyclic) bond motifs is 1. The number of aromatic nitrogens is 2. The third kappa shape index (κ3) is 2.53. The zero-order chi connectivity index (χ0) is 14.1. The maximum atomic E-state index is 10.3. The molecule has 0 saturated carbocycles. The number of aliphatic hydroxyl groups excluding tert-OH is 1. The molecule has 1 aliphatic rings. The lowest BCUT2D eigenvalue weighted by molar-refractivity contribution is 0.165. The van der Waals surface area contributed by atoms with E-state index in [0.717, 1.165) is 22.3 Å². The quantitative estimate of drug-likeness (QED) is 0.930. The molecule has 3 rings (SSSR count). The van der Waals surface area contributed by atoms with Gasteiger partial charge in [-0.1, -0.05) is 0 Å². The Labute approximate surface area is 125 Å². The molecule has 2 heterocycles. The van der Waals surface area contributed by atoms with Crippen molar-refractivity contribution in [3.8, 4) is 11.5 Å². The van der Waals surface area contributed by atoms with E-state index in [4.69, 9.17) is 9.47 Å². The summed E-state index contributed by atoms with van der Waals surface area (Å²) in [6.45, 7) is 0.223. The zero-order valence-electron chi connectivity index (χ0n) is 11.0. The summed E-state index contributed by atoms with van der Waals surface area (Å²) in [6, 6.07) is 3.70. The summed E-state index contributed by atoms with van der Waals surface area (Å²) in [4.78, 5) is 4.25. The summed E-state index contributed by atoms with van der Waals surface area (Å²) in [5.74, 6) is 2.33. The van der Waals surface area contributed by atoms with Crippen LogP contribution in [0.3, 0.4) is 0 Å². The van der Waals surface area contributed by atoms with Crippen LogP contribution in [0.4, 0.5) is 0 Å². The number of aryl methyl sites for hydroxylation is 2. The summed E-state index contributed by atoms with van der Waals surface area (Å²) in [5, 5.41) is 10.3. The van der Waals surface area contributed by atoms with Crippen LogP contribution in [0, 0.1) is 0 Å². The van der Waals surface area contributed by atoms with Crippen LogP contribution in [-0.2, 0) is 13.5 Å². The molecule has 1 aromatic carbocycles. The lowest BCUT2D eigenvalue weighted by Crippen LogP contribution is -2.03. The number of rotatable bonds is 4. The number of nitrogens with zero attached hydrogens (tertiary/aromatic N) is 2. The number of halogens is 1. The van der Waals surface area contributed by atoms with Gasteiger partial charge < -0.3 is 19.1 Å². The van der Waals surface area contributed by atoms with E-state index in [2.05, 4.69) is 20.9 Å². The molecule has 2 aromatic rings. The number of ether oxygens (including phenoxy) is 2. The van der Waals surface area contributed by atoms with Crippen molar-refractivity contribution in [1.29, 1.82) is 0 Å². The molecule has 5 nitrogen and oxygen atoms in total. The van der Waals surface area contributed by atoms with Crippen molar-refractivity contribution < 1.29 is 14.6 Å². The molecule has 6 heteroatoms. The number of hydrogen-bond acceptors (Lipinski definition) is 4. The summed E-state index contributed by atoms with van der Waals surface area (Å²) in [5.41, 5.74) is 0.815. The summed E-state index contributed by atoms with van der Waals surface area (Å²) >= 11 is 3.44. The second-order valence-electron chi connectivity index (χ2n) is 4.75. The van der Waals surface area contributed by atoms with Gasteiger partial charge in [0.25, 0.3) is 0 Å². The number of hydrogen-bond donors (Lipinski definition) is 1. The van der Waals surface area contributed by atoms with Gasteiger partial charge in [-0.05, 0) is 40.0 Å². The predicted octanol–water partition coefficient (Wildman–Crippen LogP) is 2.58. The Bertz CT molecular complexity index is 627. The molecule has 0 fully saturated rings. The molecule has 1 atom stereocenters. The maximum Gasteiger partial charge on any atom is 0.231 e. The molecule has 1 N–H and O–H groups in total. The van der Waals surface area contributed by atoms with Gasteiger partial charge in [0.2, 0.25) is 6.79 Å². The molecule has 1 aromatic heterocycles. The molecule has 0 aliphatic carbocycles. The minimum absolute atomic E-state index is 0.223. The Morgan fingerprint density at radius 1 is 1.45 bits per heavy atom. The molecular formula is C14H15BrN2O3. The zero-order valence-corrected chi connectivity index (χ0v) is 12.6. The Morgan fingerprint density at radius 3 is 3.05 bits per heavy atom. The molecule has 0 bridgehead atoms. The highest BCUT2D eigenvalue weighted by atomic mass is 79.9. The first-order valence-electron chi connectivity index (χ1n) is 6.38. The molecule has 0 radical (unpaired) electrons. The van der Waals surface area contributed by atoms with E-state index in [-0.39, 0.29) is 6.79 Å². The standard InChI is InChI=1S/C14H15BrN2O3/c1-17-5-4-16-13(17)3-2-11(18)9-6-10(15)14-12(7-9)19-8-20-14/h4-7,11,18H,2-3,8H2,1H3. The lowest BCUT2D eigenvalue weighted by Gasteiger charge is -2.12. The molecule has 1 aliphatic heterocycles. The van der Waals surface area contributed by atoms with Crippen LogP contribution in [-0.4, -0.2) is 21.5 Å². The first kappa shape index (κ1) is 13.5. The second-order valence-corrected chi connectivity index (χ2v) is 5.60. The summed E-state index contributed by atoms with van der Waals surface area (Å²) in [6.07, 6.45) is 4.43. The summed E-state index contributed by atoms with van der Waals surface area (Å²) < 4.78 is 13.5. The average Bonchev–Trinajstić information content (AvgIpc) is 3.05. The Hall–Kier alpha value is -1.53. The van der Waals surface area contributed by atoms with E-state index < -0.39 is 6.10 Å². The fraction of sp³-hybridized carbons (Fsp3) is 0.357. The van der Waals surface area contributed by atoms with Crippen LogP contribution in [0.5, 0.6) is 11.5 Å². The molecular weight excluding hydrogens is 324 g/mol. The first-order chi connectivity index (χ1) is 9.65. The second kappa shape index (κ2) is 5.46. The normalized spacial score (nSPS) is 14.6. The summed E-state index contributed by atoms with van der Waals surface area (Å²) in [7, 11) is 1.95. The first-order valence-corrected chi connectivity index (χ1v) is 7.18. The minimum atomic E-state index is -0.558. The van der Waals surface area contributed by atoms with E-state index in [1.54, 1.807) is 6.20 Å². The van der Waals surface area contributed by atoms with Crippen LogP contribution >= 0.6 is 15.9 Å². The molecule has 0 saturated heterocycles. The van der Waals surface area contributed by atoms with Gasteiger partial charge in [-0.3, -0.25) is 0 Å². The van der Waals surface area contributed by atoms with Crippen molar-refractivity contribution in [2.75, 3.05) is 6.79 Å². The fourth-order valence-corrected chi connectivity index (χ4v) is 2.82. The van der Waals surface area contributed by atoms with Gasteiger partial charge in [0.05, 0.1) is 10.6 Å². The molecule has 1 unspecified atom stereocenters. The van der Waals surface area contributed by atoms with Gasteiger partial charge in [-0.15, -0.1) is 0 Å². The smallest absolute Gasteiger partial charge is 0.231 e. The van der Waals surface area contributed by atoms with Crippen LogP contribution in [0.2, 0.25) is 0 Å². The topological polar surface area (TPSA) is 56.5 Å². The highest BCUT2D eigenvalue weighted by molar-refractivity contribution is 9.10. The van der Waals surface area contributed by atoms with Crippen molar-refractivity contribution in [3.05, 3.63) is 40.4 Å². The van der Waals surface area contributed by atoms with Gasteiger partial charge in [-0.25, -0.2) is 4.98 Å². The van der Waals surface area contributed by atoms with E-state index in [1.165, 1.54) is 0 Å². The predicted molar refractivity (Wildman–Crippen MR) is 76.8 cm³/mol. The highest BCUT2D eigenvalue weighted by Gasteiger charge is 2.20. The minimum Gasteiger partial charge on any atom is -0.454 e. The van der Waals surface area contributed by atoms with Gasteiger partial charge in [0.1, 0.15) is 5.82 Å². The van der Waals surface area contributed by atoms with Gasteiger partial charge in [0.15, 0.2) is 11.5 Å². The van der Waals surface area contributed by atoms with Crippen molar-refractivity contribution in [3.63, 3.8) is 0 Å². The lowest BCUT2D eigenvalue weighted by atomic mass is 10.0. The van der Waals surface area contributed by atoms with E-state index in [9.17, 15) is 5.11 Å². The Balaban J connectivity index is 1.73. The van der Waals surface area contributed by atoms with E-state index >= 15 is 0 Å². The monoisotopic (exact) mass is 338 g/mol. The fourth-order valence-electron chi connectivity index (χ4n) is 2.25. The van der Waals surface area contributed by atoms with Crippen LogP contribution < -0.4 is 9.47 Å². The van der Waals surface area contributed by atoms with Gasteiger partial charge in [-0.2, -0.15) is 0 Å². The number of benzene rings is 1. The SMILES string of the molecule is Cn1ccnc1CCC(O)c1cc(Br)c2c(c1)OCO2.